The third-order valence-electron chi connectivity index (χ3n) is 3.51. The number of nitrogens with zero attached hydrogens (tertiary/aromatic N) is 1. The van der Waals surface area contributed by atoms with Crippen LogP contribution in [0.5, 0.6) is 5.75 Å². The minimum atomic E-state index is -1.06. The number of ether oxygens (including phenoxy) is 1. The topological polar surface area (TPSA) is 80.0 Å². The van der Waals surface area contributed by atoms with E-state index in [9.17, 15) is 9.59 Å². The molecule has 1 N–H and O–H groups in total. The number of amides is 1. The Labute approximate surface area is 144 Å². The molecule has 7 heteroatoms. The molecule has 2 aromatic rings. The van der Waals surface area contributed by atoms with E-state index in [1.165, 1.54) is 11.0 Å². The number of furan rings is 1. The lowest BCUT2D eigenvalue weighted by molar-refractivity contribution is -0.132. The summed E-state index contributed by atoms with van der Waals surface area (Å²) in [5, 5.41) is 9.61. The molecule has 1 amide bonds. The molecule has 0 fully saturated rings. The number of carboxylic acids is 1. The fourth-order valence-electron chi connectivity index (χ4n) is 2.18. The van der Waals surface area contributed by atoms with Gasteiger partial charge in [-0.1, -0.05) is 11.6 Å². The number of carbonyl (C=O) groups is 2. The quantitative estimate of drug-likeness (QED) is 0.863. The zero-order valence-corrected chi connectivity index (χ0v) is 14.4. The van der Waals surface area contributed by atoms with Gasteiger partial charge >= 0.3 is 5.97 Å². The molecule has 128 valence electrons. The number of benzene rings is 1. The van der Waals surface area contributed by atoms with Crippen molar-refractivity contribution in [1.82, 2.24) is 4.90 Å². The molecule has 0 saturated heterocycles. The lowest BCUT2D eigenvalue weighted by Crippen LogP contribution is -2.30. The van der Waals surface area contributed by atoms with Gasteiger partial charge < -0.3 is 19.2 Å². The number of carboxylic acid groups (broad SMARTS) is 1. The monoisotopic (exact) mass is 351 g/mol. The van der Waals surface area contributed by atoms with Crippen LogP contribution in [0.4, 0.5) is 0 Å². The Bertz CT molecular complexity index is 768. The first-order chi connectivity index (χ1) is 11.3. The van der Waals surface area contributed by atoms with E-state index in [1.807, 2.05) is 6.92 Å². The highest BCUT2D eigenvalue weighted by molar-refractivity contribution is 6.30. The molecule has 0 aliphatic heterocycles. The fourth-order valence-corrected chi connectivity index (χ4v) is 2.41. The Morgan fingerprint density at radius 1 is 1.29 bits per heavy atom. The van der Waals surface area contributed by atoms with Crippen molar-refractivity contribution in [2.75, 3.05) is 13.7 Å². The molecule has 0 atom stereocenters. The molecule has 0 saturated carbocycles. The summed E-state index contributed by atoms with van der Waals surface area (Å²) in [6.07, 6.45) is 0. The van der Waals surface area contributed by atoms with Gasteiger partial charge in [0, 0.05) is 12.1 Å². The Morgan fingerprint density at radius 2 is 2.00 bits per heavy atom. The molecule has 0 bridgehead atoms. The van der Waals surface area contributed by atoms with E-state index >= 15 is 0 Å². The van der Waals surface area contributed by atoms with Gasteiger partial charge in [-0.15, -0.1) is 0 Å². The normalized spacial score (nSPS) is 10.5. The van der Waals surface area contributed by atoms with E-state index in [2.05, 4.69) is 0 Å². The number of aromatic carboxylic acids is 1. The van der Waals surface area contributed by atoms with E-state index in [0.29, 0.717) is 22.3 Å². The third-order valence-corrected chi connectivity index (χ3v) is 3.74. The molecular formula is C17H18ClNO5. The van der Waals surface area contributed by atoms with Gasteiger partial charge in [0.1, 0.15) is 22.8 Å². The number of aryl methyl sites for hydroxylation is 2. The average molecular weight is 352 g/mol. The second-order valence-corrected chi connectivity index (χ2v) is 5.87. The summed E-state index contributed by atoms with van der Waals surface area (Å²) < 4.78 is 10.9. The molecule has 6 nitrogen and oxygen atoms in total. The number of carbonyl (C=O) groups excluding carboxylic acids is 1. The second kappa shape index (κ2) is 7.40. The maximum absolute atomic E-state index is 12.1. The summed E-state index contributed by atoms with van der Waals surface area (Å²) in [5.74, 6) is -0.00808. The molecule has 0 unspecified atom stereocenters. The average Bonchev–Trinajstić information content (AvgIpc) is 2.86. The Balaban J connectivity index is 1.94. The van der Waals surface area contributed by atoms with E-state index in [4.69, 9.17) is 25.9 Å². The van der Waals surface area contributed by atoms with Gasteiger partial charge in [0.15, 0.2) is 6.61 Å². The first kappa shape index (κ1) is 17.9. The highest BCUT2D eigenvalue weighted by atomic mass is 35.5. The van der Waals surface area contributed by atoms with Gasteiger partial charge in [-0.2, -0.15) is 0 Å². The van der Waals surface area contributed by atoms with Crippen molar-refractivity contribution in [2.24, 2.45) is 0 Å². The Kier molecular flexibility index (Phi) is 5.51. The molecule has 0 aliphatic rings. The first-order valence-corrected chi connectivity index (χ1v) is 7.61. The smallest absolute Gasteiger partial charge is 0.339 e. The van der Waals surface area contributed by atoms with Crippen LogP contribution in [0, 0.1) is 13.8 Å². The molecular weight excluding hydrogens is 334 g/mol. The van der Waals surface area contributed by atoms with Crippen molar-refractivity contribution < 1.29 is 23.8 Å². The fraction of sp³-hybridized carbons (Fsp3) is 0.294. The molecule has 0 aliphatic carbocycles. The highest BCUT2D eigenvalue weighted by Gasteiger charge is 2.17. The maximum atomic E-state index is 12.1. The zero-order valence-electron chi connectivity index (χ0n) is 13.6. The van der Waals surface area contributed by atoms with Gasteiger partial charge in [0.05, 0.1) is 6.54 Å². The summed E-state index contributed by atoms with van der Waals surface area (Å²) in [4.78, 5) is 24.6. The molecule has 1 aromatic carbocycles. The minimum Gasteiger partial charge on any atom is -0.483 e. The van der Waals surface area contributed by atoms with Crippen molar-refractivity contribution >= 4 is 23.5 Å². The van der Waals surface area contributed by atoms with Crippen LogP contribution in [0.2, 0.25) is 5.02 Å². The van der Waals surface area contributed by atoms with E-state index in [-0.39, 0.29) is 24.6 Å². The summed E-state index contributed by atoms with van der Waals surface area (Å²) in [5.41, 5.74) is 0.935. The summed E-state index contributed by atoms with van der Waals surface area (Å²) in [6, 6.07) is 6.58. The molecule has 0 spiro atoms. The lowest BCUT2D eigenvalue weighted by Gasteiger charge is -2.16. The van der Waals surface area contributed by atoms with Crippen LogP contribution in [-0.4, -0.2) is 35.5 Å². The molecule has 24 heavy (non-hydrogen) atoms. The molecule has 2 rings (SSSR count). The first-order valence-electron chi connectivity index (χ1n) is 7.23. The standard InChI is InChI=1S/C17H18ClNO5/c1-10-6-12(18)4-5-15(10)23-9-16(20)19(3)8-13-7-14(17(21)22)11(2)24-13/h4-7H,8-9H2,1-3H3,(H,21,22). The predicted molar refractivity (Wildman–Crippen MR) is 88.6 cm³/mol. The SMILES string of the molecule is Cc1cc(Cl)ccc1OCC(=O)N(C)Cc1cc(C(=O)O)c(C)o1. The molecule has 1 aromatic heterocycles. The van der Waals surface area contributed by atoms with Crippen LogP contribution in [0.15, 0.2) is 28.7 Å². The summed E-state index contributed by atoms with van der Waals surface area (Å²) in [6.45, 7) is 3.44. The summed E-state index contributed by atoms with van der Waals surface area (Å²) in [7, 11) is 1.60. The van der Waals surface area contributed by atoms with Crippen molar-refractivity contribution in [2.45, 2.75) is 20.4 Å². The lowest BCUT2D eigenvalue weighted by atomic mass is 10.2. The van der Waals surface area contributed by atoms with Crippen LogP contribution >= 0.6 is 11.6 Å². The van der Waals surface area contributed by atoms with E-state index in [0.717, 1.165) is 5.56 Å². The largest absolute Gasteiger partial charge is 0.483 e. The number of rotatable bonds is 6. The minimum absolute atomic E-state index is 0.0962. The van der Waals surface area contributed by atoms with Crippen LogP contribution in [0.25, 0.3) is 0 Å². The number of halogens is 1. The van der Waals surface area contributed by atoms with Crippen molar-refractivity contribution in [1.29, 1.82) is 0 Å². The van der Waals surface area contributed by atoms with Crippen molar-refractivity contribution in [3.63, 3.8) is 0 Å². The van der Waals surface area contributed by atoms with Crippen LogP contribution in [0.3, 0.4) is 0 Å². The van der Waals surface area contributed by atoms with Crippen molar-refractivity contribution in [3.05, 3.63) is 51.9 Å². The third kappa shape index (κ3) is 4.29. The number of hydrogen-bond acceptors (Lipinski definition) is 4. The van der Waals surface area contributed by atoms with E-state index < -0.39 is 5.97 Å². The number of likely N-dealkylation sites (N-methyl/N-ethyl adjacent to an activating group) is 1. The van der Waals surface area contributed by atoms with Crippen LogP contribution in [-0.2, 0) is 11.3 Å². The Morgan fingerprint density at radius 3 is 2.58 bits per heavy atom. The second-order valence-electron chi connectivity index (χ2n) is 5.44. The van der Waals surface area contributed by atoms with Gasteiger partial charge in [-0.05, 0) is 43.7 Å². The van der Waals surface area contributed by atoms with E-state index in [1.54, 1.807) is 32.2 Å². The highest BCUT2D eigenvalue weighted by Crippen LogP contribution is 2.22. The van der Waals surface area contributed by atoms with Gasteiger partial charge in [-0.3, -0.25) is 4.79 Å². The Hall–Kier alpha value is -2.47. The van der Waals surface area contributed by atoms with Gasteiger partial charge in [0.25, 0.3) is 5.91 Å². The van der Waals surface area contributed by atoms with Crippen LogP contribution in [0.1, 0.15) is 27.4 Å². The molecule has 0 radical (unpaired) electrons. The summed E-state index contributed by atoms with van der Waals surface area (Å²) >= 11 is 5.87. The van der Waals surface area contributed by atoms with Crippen molar-refractivity contribution in [3.8, 4) is 5.75 Å². The van der Waals surface area contributed by atoms with Gasteiger partial charge in [-0.25, -0.2) is 4.79 Å². The van der Waals surface area contributed by atoms with Gasteiger partial charge in [0.2, 0.25) is 0 Å². The zero-order chi connectivity index (χ0) is 17.9. The number of hydrogen-bond donors (Lipinski definition) is 1. The predicted octanol–water partition coefficient (Wildman–Crippen LogP) is 3.29. The van der Waals surface area contributed by atoms with Crippen LogP contribution < -0.4 is 4.74 Å². The maximum Gasteiger partial charge on any atom is 0.339 e. The molecule has 1 heterocycles.